The second kappa shape index (κ2) is 12.6. The summed E-state index contributed by atoms with van der Waals surface area (Å²) in [5.41, 5.74) is 2.27. The van der Waals surface area contributed by atoms with Gasteiger partial charge in [0.1, 0.15) is 18.5 Å². The van der Waals surface area contributed by atoms with Crippen molar-refractivity contribution in [3.8, 4) is 17.2 Å². The standard InChI is InChI=1S/C25H37N3O4/c1-4-27-10-12-28(13-11-27)18-22(29)19-32-24-9-8-21(15-25(24)31-3)17-26-16-20-6-5-7-23(14-20)30-2/h5-9,14-15,22,26,29H,4,10-13,16-19H2,1-3H3/t22-/m1/s1. The van der Waals surface area contributed by atoms with E-state index in [1.54, 1.807) is 14.2 Å². The van der Waals surface area contributed by atoms with E-state index in [1.807, 2.05) is 36.4 Å². The number of aliphatic hydroxyl groups is 1. The highest BCUT2D eigenvalue weighted by Crippen LogP contribution is 2.28. The quantitative estimate of drug-likeness (QED) is 0.522. The number of likely N-dealkylation sites (N-methyl/N-ethyl adjacent to an activating group) is 1. The van der Waals surface area contributed by atoms with Crippen LogP contribution < -0.4 is 19.5 Å². The maximum absolute atomic E-state index is 10.4. The fraction of sp³-hybridized carbons (Fsp3) is 0.520. The number of methoxy groups -OCH3 is 2. The van der Waals surface area contributed by atoms with E-state index in [2.05, 4.69) is 28.1 Å². The number of hydrogen-bond donors (Lipinski definition) is 2. The van der Waals surface area contributed by atoms with Gasteiger partial charge in [0.2, 0.25) is 0 Å². The van der Waals surface area contributed by atoms with Crippen molar-refractivity contribution in [3.63, 3.8) is 0 Å². The Morgan fingerprint density at radius 2 is 1.62 bits per heavy atom. The molecule has 2 N–H and O–H groups in total. The third-order valence-electron chi connectivity index (χ3n) is 5.83. The van der Waals surface area contributed by atoms with Gasteiger partial charge in [-0.3, -0.25) is 4.90 Å². The summed E-state index contributed by atoms with van der Waals surface area (Å²) in [6.45, 7) is 9.72. The van der Waals surface area contributed by atoms with Crippen LogP contribution >= 0.6 is 0 Å². The summed E-state index contributed by atoms with van der Waals surface area (Å²) in [5, 5.41) is 13.9. The lowest BCUT2D eigenvalue weighted by molar-refractivity contribution is 0.0464. The number of benzene rings is 2. The molecule has 0 aliphatic carbocycles. The monoisotopic (exact) mass is 443 g/mol. The highest BCUT2D eigenvalue weighted by atomic mass is 16.5. The predicted molar refractivity (Wildman–Crippen MR) is 127 cm³/mol. The minimum atomic E-state index is -0.530. The molecule has 176 valence electrons. The van der Waals surface area contributed by atoms with Crippen LogP contribution in [-0.4, -0.2) is 81.1 Å². The van der Waals surface area contributed by atoms with E-state index in [9.17, 15) is 5.11 Å². The largest absolute Gasteiger partial charge is 0.497 e. The van der Waals surface area contributed by atoms with Gasteiger partial charge in [-0.05, 0) is 41.9 Å². The molecule has 7 heteroatoms. The van der Waals surface area contributed by atoms with Gasteiger partial charge < -0.3 is 29.5 Å². The first-order valence-corrected chi connectivity index (χ1v) is 11.4. The van der Waals surface area contributed by atoms with Crippen LogP contribution in [0.25, 0.3) is 0 Å². The lowest BCUT2D eigenvalue weighted by Gasteiger charge is -2.34. The summed E-state index contributed by atoms with van der Waals surface area (Å²) in [6.07, 6.45) is -0.530. The second-order valence-electron chi connectivity index (χ2n) is 8.14. The van der Waals surface area contributed by atoms with Crippen molar-refractivity contribution in [1.29, 1.82) is 0 Å². The molecule has 32 heavy (non-hydrogen) atoms. The molecule has 1 heterocycles. The van der Waals surface area contributed by atoms with Crippen LogP contribution in [0.2, 0.25) is 0 Å². The molecule has 1 aliphatic heterocycles. The van der Waals surface area contributed by atoms with E-state index < -0.39 is 6.10 Å². The molecule has 1 fully saturated rings. The first kappa shape index (κ1) is 24.3. The van der Waals surface area contributed by atoms with Gasteiger partial charge in [0.05, 0.1) is 14.2 Å². The van der Waals surface area contributed by atoms with E-state index in [1.165, 1.54) is 5.56 Å². The highest BCUT2D eigenvalue weighted by Gasteiger charge is 2.19. The van der Waals surface area contributed by atoms with Gasteiger partial charge in [-0.25, -0.2) is 0 Å². The van der Waals surface area contributed by atoms with Gasteiger partial charge in [-0.1, -0.05) is 25.1 Å². The Morgan fingerprint density at radius 1 is 0.906 bits per heavy atom. The minimum Gasteiger partial charge on any atom is -0.497 e. The van der Waals surface area contributed by atoms with Crippen LogP contribution in [0.1, 0.15) is 18.1 Å². The number of β-amino-alcohol motifs (C(OH)–C–C–N with tert-alkyl or cyclic N) is 1. The molecule has 0 saturated carbocycles. The SMILES string of the molecule is CCN1CCN(C[C@@H](O)COc2ccc(CNCc3cccc(OC)c3)cc2OC)CC1. The first-order chi connectivity index (χ1) is 15.6. The van der Waals surface area contributed by atoms with Crippen molar-refractivity contribution in [2.75, 3.05) is 60.1 Å². The minimum absolute atomic E-state index is 0.248. The van der Waals surface area contributed by atoms with Crippen molar-refractivity contribution in [1.82, 2.24) is 15.1 Å². The lowest BCUT2D eigenvalue weighted by atomic mass is 10.1. The van der Waals surface area contributed by atoms with Gasteiger partial charge in [-0.15, -0.1) is 0 Å². The molecular weight excluding hydrogens is 406 g/mol. The molecule has 1 saturated heterocycles. The zero-order valence-corrected chi connectivity index (χ0v) is 19.5. The molecule has 0 aromatic heterocycles. The molecule has 1 atom stereocenters. The fourth-order valence-electron chi connectivity index (χ4n) is 3.90. The summed E-state index contributed by atoms with van der Waals surface area (Å²) in [7, 11) is 3.31. The van der Waals surface area contributed by atoms with E-state index in [-0.39, 0.29) is 6.61 Å². The molecule has 0 amide bonds. The van der Waals surface area contributed by atoms with E-state index >= 15 is 0 Å². The van der Waals surface area contributed by atoms with Gasteiger partial charge >= 0.3 is 0 Å². The zero-order valence-electron chi connectivity index (χ0n) is 19.5. The number of nitrogens with one attached hydrogen (secondary N) is 1. The van der Waals surface area contributed by atoms with Crippen molar-refractivity contribution in [2.45, 2.75) is 26.1 Å². The Kier molecular flexibility index (Phi) is 9.62. The summed E-state index contributed by atoms with van der Waals surface area (Å²) < 4.78 is 16.7. The molecule has 3 rings (SSSR count). The molecular formula is C25H37N3O4. The van der Waals surface area contributed by atoms with Crippen LogP contribution in [0.5, 0.6) is 17.2 Å². The Balaban J connectivity index is 1.45. The Hall–Kier alpha value is -2.32. The van der Waals surface area contributed by atoms with Crippen LogP contribution in [0.15, 0.2) is 42.5 Å². The maximum Gasteiger partial charge on any atom is 0.161 e. The molecule has 7 nitrogen and oxygen atoms in total. The fourth-order valence-corrected chi connectivity index (χ4v) is 3.90. The molecule has 0 radical (unpaired) electrons. The topological polar surface area (TPSA) is 66.4 Å². The zero-order chi connectivity index (χ0) is 22.8. The molecule has 0 bridgehead atoms. The van der Waals surface area contributed by atoms with Crippen LogP contribution in [0.3, 0.4) is 0 Å². The van der Waals surface area contributed by atoms with Gasteiger partial charge in [0, 0.05) is 45.8 Å². The van der Waals surface area contributed by atoms with Gasteiger partial charge in [0.25, 0.3) is 0 Å². The highest BCUT2D eigenvalue weighted by molar-refractivity contribution is 5.43. The maximum atomic E-state index is 10.4. The van der Waals surface area contributed by atoms with Gasteiger partial charge in [-0.2, -0.15) is 0 Å². The van der Waals surface area contributed by atoms with E-state index in [0.717, 1.165) is 50.6 Å². The second-order valence-corrected chi connectivity index (χ2v) is 8.14. The average Bonchev–Trinajstić information content (AvgIpc) is 2.83. The molecule has 0 unspecified atom stereocenters. The van der Waals surface area contributed by atoms with Gasteiger partial charge in [0.15, 0.2) is 11.5 Å². The molecule has 2 aromatic carbocycles. The average molecular weight is 444 g/mol. The molecule has 1 aliphatic rings. The Morgan fingerprint density at radius 3 is 2.31 bits per heavy atom. The summed E-state index contributed by atoms with van der Waals surface area (Å²) in [4.78, 5) is 4.73. The van der Waals surface area contributed by atoms with E-state index in [0.29, 0.717) is 24.6 Å². The normalized spacial score (nSPS) is 16.0. The van der Waals surface area contributed by atoms with Crippen LogP contribution in [-0.2, 0) is 13.1 Å². The molecule has 0 spiro atoms. The lowest BCUT2D eigenvalue weighted by Crippen LogP contribution is -2.49. The number of nitrogens with zero attached hydrogens (tertiary/aromatic N) is 2. The first-order valence-electron chi connectivity index (χ1n) is 11.4. The number of ether oxygens (including phenoxy) is 3. The summed E-state index contributed by atoms with van der Waals surface area (Å²) in [5.74, 6) is 2.19. The van der Waals surface area contributed by atoms with E-state index in [4.69, 9.17) is 14.2 Å². The number of hydrogen-bond acceptors (Lipinski definition) is 7. The van der Waals surface area contributed by atoms with Crippen LogP contribution in [0.4, 0.5) is 0 Å². The van der Waals surface area contributed by atoms with Crippen LogP contribution in [0, 0.1) is 0 Å². The number of rotatable bonds is 12. The third kappa shape index (κ3) is 7.38. The van der Waals surface area contributed by atoms with Crippen molar-refractivity contribution in [3.05, 3.63) is 53.6 Å². The number of piperazine rings is 1. The Bertz CT molecular complexity index is 825. The Labute approximate surface area is 191 Å². The van der Waals surface area contributed by atoms with Crippen molar-refractivity contribution >= 4 is 0 Å². The molecule has 2 aromatic rings. The third-order valence-corrected chi connectivity index (χ3v) is 5.83. The van der Waals surface area contributed by atoms with Crippen molar-refractivity contribution in [2.24, 2.45) is 0 Å². The smallest absolute Gasteiger partial charge is 0.161 e. The summed E-state index contributed by atoms with van der Waals surface area (Å²) in [6, 6.07) is 13.9. The predicted octanol–water partition coefficient (Wildman–Crippen LogP) is 2.37. The summed E-state index contributed by atoms with van der Waals surface area (Å²) >= 11 is 0. The van der Waals surface area contributed by atoms with Crippen molar-refractivity contribution < 1.29 is 19.3 Å². The number of aliphatic hydroxyl groups excluding tert-OH is 1.